The summed E-state index contributed by atoms with van der Waals surface area (Å²) in [5.41, 5.74) is -0.592. The Morgan fingerprint density at radius 3 is 2.83 bits per heavy atom. The molecule has 0 bridgehead atoms. The molecule has 3 nitrogen and oxygen atoms in total. The summed E-state index contributed by atoms with van der Waals surface area (Å²) in [7, 11) is 0. The summed E-state index contributed by atoms with van der Waals surface area (Å²) in [6, 6.07) is 0. The molecule has 0 radical (unpaired) electrons. The highest BCUT2D eigenvalue weighted by atomic mass is 16.4. The number of carbonyl (C=O) groups is 1. The van der Waals surface area contributed by atoms with E-state index in [4.69, 9.17) is 10.2 Å². The fourth-order valence-electron chi connectivity index (χ4n) is 1.97. The molecule has 0 aromatic carbocycles. The van der Waals surface area contributed by atoms with Crippen LogP contribution in [0.4, 0.5) is 0 Å². The third-order valence-electron chi connectivity index (χ3n) is 2.85. The van der Waals surface area contributed by atoms with Gasteiger partial charge in [-0.05, 0) is 32.1 Å². The van der Waals surface area contributed by atoms with Gasteiger partial charge in [0.2, 0.25) is 0 Å². The van der Waals surface area contributed by atoms with Gasteiger partial charge in [-0.25, -0.2) is 0 Å². The lowest BCUT2D eigenvalue weighted by Crippen LogP contribution is -2.34. The van der Waals surface area contributed by atoms with Gasteiger partial charge >= 0.3 is 5.97 Å². The van der Waals surface area contributed by atoms with Crippen LogP contribution in [0, 0.1) is 11.3 Å². The molecule has 0 saturated heterocycles. The van der Waals surface area contributed by atoms with E-state index in [1.54, 1.807) is 6.92 Å². The highest BCUT2D eigenvalue weighted by molar-refractivity contribution is 5.74. The number of rotatable bonds is 2. The second-order valence-electron chi connectivity index (χ2n) is 4.01. The van der Waals surface area contributed by atoms with Gasteiger partial charge in [0.25, 0.3) is 0 Å². The number of carboxylic acids is 1. The van der Waals surface area contributed by atoms with Crippen molar-refractivity contribution in [3.05, 3.63) is 0 Å². The van der Waals surface area contributed by atoms with E-state index in [1.165, 1.54) is 0 Å². The van der Waals surface area contributed by atoms with Gasteiger partial charge in [0, 0.05) is 6.61 Å². The van der Waals surface area contributed by atoms with Crippen LogP contribution in [0.3, 0.4) is 0 Å². The van der Waals surface area contributed by atoms with Gasteiger partial charge in [-0.3, -0.25) is 4.79 Å². The lowest BCUT2D eigenvalue weighted by Gasteiger charge is -2.33. The SMILES string of the molecule is C[C@]1(C(=O)O)CCC[C@@H](CO)C1. The number of carboxylic acid groups (broad SMARTS) is 1. The first-order valence-electron chi connectivity index (χ1n) is 4.43. The molecule has 0 aliphatic heterocycles. The first-order chi connectivity index (χ1) is 5.58. The highest BCUT2D eigenvalue weighted by Gasteiger charge is 2.38. The first-order valence-corrected chi connectivity index (χ1v) is 4.43. The number of hydrogen-bond acceptors (Lipinski definition) is 2. The molecular weight excluding hydrogens is 156 g/mol. The molecule has 2 atom stereocenters. The smallest absolute Gasteiger partial charge is 0.309 e. The van der Waals surface area contributed by atoms with Gasteiger partial charge in [-0.15, -0.1) is 0 Å². The maximum Gasteiger partial charge on any atom is 0.309 e. The summed E-state index contributed by atoms with van der Waals surface area (Å²) >= 11 is 0. The maximum absolute atomic E-state index is 10.9. The minimum Gasteiger partial charge on any atom is -0.481 e. The van der Waals surface area contributed by atoms with Crippen molar-refractivity contribution < 1.29 is 15.0 Å². The Kier molecular flexibility index (Phi) is 2.73. The van der Waals surface area contributed by atoms with Gasteiger partial charge in [0.05, 0.1) is 5.41 Å². The molecule has 2 N–H and O–H groups in total. The van der Waals surface area contributed by atoms with E-state index >= 15 is 0 Å². The molecule has 0 unspecified atom stereocenters. The van der Waals surface area contributed by atoms with E-state index in [-0.39, 0.29) is 12.5 Å². The molecule has 1 fully saturated rings. The van der Waals surface area contributed by atoms with E-state index in [1.807, 2.05) is 0 Å². The Morgan fingerprint density at radius 2 is 2.33 bits per heavy atom. The molecule has 70 valence electrons. The number of hydrogen-bond donors (Lipinski definition) is 2. The van der Waals surface area contributed by atoms with E-state index in [9.17, 15) is 4.79 Å². The van der Waals surface area contributed by atoms with Crippen molar-refractivity contribution in [1.29, 1.82) is 0 Å². The summed E-state index contributed by atoms with van der Waals surface area (Å²) in [6.07, 6.45) is 3.27. The van der Waals surface area contributed by atoms with Gasteiger partial charge in [0.1, 0.15) is 0 Å². The predicted molar refractivity (Wildman–Crippen MR) is 44.8 cm³/mol. The first kappa shape index (κ1) is 9.52. The van der Waals surface area contributed by atoms with E-state index in [0.717, 1.165) is 19.3 Å². The molecule has 0 amide bonds. The lowest BCUT2D eigenvalue weighted by atomic mass is 9.71. The van der Waals surface area contributed by atoms with E-state index in [2.05, 4.69) is 0 Å². The minimum atomic E-state index is -0.722. The van der Waals surface area contributed by atoms with Gasteiger partial charge in [0.15, 0.2) is 0 Å². The van der Waals surface area contributed by atoms with E-state index in [0.29, 0.717) is 6.42 Å². The summed E-state index contributed by atoms with van der Waals surface area (Å²) in [6.45, 7) is 1.90. The van der Waals surface area contributed by atoms with Crippen molar-refractivity contribution in [1.82, 2.24) is 0 Å². The highest BCUT2D eigenvalue weighted by Crippen LogP contribution is 2.38. The predicted octanol–water partition coefficient (Wildman–Crippen LogP) is 1.26. The van der Waals surface area contributed by atoms with Crippen LogP contribution >= 0.6 is 0 Å². The Bertz CT molecular complexity index is 179. The average Bonchev–Trinajstić information content (AvgIpc) is 2.04. The number of aliphatic hydroxyl groups is 1. The van der Waals surface area contributed by atoms with Crippen molar-refractivity contribution in [2.75, 3.05) is 6.61 Å². The van der Waals surface area contributed by atoms with Crippen LogP contribution < -0.4 is 0 Å². The fourth-order valence-corrected chi connectivity index (χ4v) is 1.97. The standard InChI is InChI=1S/C9H16O3/c1-9(8(11)12)4-2-3-7(5-9)6-10/h7,10H,2-6H2,1H3,(H,11,12)/t7-,9+/m1/s1. The van der Waals surface area contributed by atoms with Crippen LogP contribution in [0.15, 0.2) is 0 Å². The van der Waals surface area contributed by atoms with Crippen LogP contribution in [0.2, 0.25) is 0 Å². The van der Waals surface area contributed by atoms with Crippen molar-refractivity contribution in [3.63, 3.8) is 0 Å². The summed E-state index contributed by atoms with van der Waals surface area (Å²) in [5, 5.41) is 17.8. The monoisotopic (exact) mass is 172 g/mol. The maximum atomic E-state index is 10.9. The van der Waals surface area contributed by atoms with Gasteiger partial charge < -0.3 is 10.2 Å². The molecule has 1 rings (SSSR count). The zero-order valence-corrected chi connectivity index (χ0v) is 7.42. The Morgan fingerprint density at radius 1 is 1.67 bits per heavy atom. The number of aliphatic hydroxyl groups excluding tert-OH is 1. The Labute approximate surface area is 72.4 Å². The second-order valence-corrected chi connectivity index (χ2v) is 4.01. The van der Waals surface area contributed by atoms with Crippen molar-refractivity contribution in [2.24, 2.45) is 11.3 Å². The third kappa shape index (κ3) is 1.78. The molecule has 0 aromatic heterocycles. The van der Waals surface area contributed by atoms with Crippen LogP contribution in [-0.4, -0.2) is 22.8 Å². The third-order valence-corrected chi connectivity index (χ3v) is 2.85. The van der Waals surface area contributed by atoms with Crippen LogP contribution in [0.1, 0.15) is 32.6 Å². The molecule has 1 saturated carbocycles. The van der Waals surface area contributed by atoms with Crippen molar-refractivity contribution in [2.45, 2.75) is 32.6 Å². The van der Waals surface area contributed by atoms with Crippen LogP contribution in [0.25, 0.3) is 0 Å². The average molecular weight is 172 g/mol. The molecular formula is C9H16O3. The summed E-state index contributed by atoms with van der Waals surface area (Å²) in [4.78, 5) is 10.9. The van der Waals surface area contributed by atoms with E-state index < -0.39 is 11.4 Å². The quantitative estimate of drug-likeness (QED) is 0.659. The lowest BCUT2D eigenvalue weighted by molar-refractivity contribution is -0.151. The van der Waals surface area contributed by atoms with Gasteiger partial charge in [-0.2, -0.15) is 0 Å². The molecule has 1 aliphatic rings. The number of aliphatic carboxylic acids is 1. The van der Waals surface area contributed by atoms with Gasteiger partial charge in [-0.1, -0.05) is 6.42 Å². The molecule has 3 heteroatoms. The van der Waals surface area contributed by atoms with Crippen molar-refractivity contribution in [3.8, 4) is 0 Å². The molecule has 1 aliphatic carbocycles. The second kappa shape index (κ2) is 3.44. The van der Waals surface area contributed by atoms with Crippen LogP contribution in [0.5, 0.6) is 0 Å². The molecule has 12 heavy (non-hydrogen) atoms. The molecule has 0 heterocycles. The molecule has 0 aromatic rings. The zero-order chi connectivity index (χ0) is 9.19. The Balaban J connectivity index is 2.61. The summed E-state index contributed by atoms with van der Waals surface area (Å²) < 4.78 is 0. The molecule has 0 spiro atoms. The zero-order valence-electron chi connectivity index (χ0n) is 7.42. The fraction of sp³-hybridized carbons (Fsp3) is 0.889. The summed E-state index contributed by atoms with van der Waals surface area (Å²) in [5.74, 6) is -0.527. The topological polar surface area (TPSA) is 57.5 Å². The van der Waals surface area contributed by atoms with Crippen molar-refractivity contribution >= 4 is 5.97 Å². The minimum absolute atomic E-state index is 0.128. The van der Waals surface area contributed by atoms with Crippen LogP contribution in [-0.2, 0) is 4.79 Å². The largest absolute Gasteiger partial charge is 0.481 e. The Hall–Kier alpha value is -0.570. The normalized spacial score (nSPS) is 36.3.